The van der Waals surface area contributed by atoms with E-state index in [-0.39, 0.29) is 18.5 Å². The zero-order chi connectivity index (χ0) is 18.9. The van der Waals surface area contributed by atoms with Crippen LogP contribution < -0.4 is 5.32 Å². The maximum absolute atomic E-state index is 12.7. The maximum atomic E-state index is 12.7. The normalized spacial score (nSPS) is 17.8. The molecule has 2 N–H and O–H groups in total. The Labute approximate surface area is 156 Å². The Morgan fingerprint density at radius 3 is 2.92 bits per heavy atom. The van der Waals surface area contributed by atoms with Gasteiger partial charge in [-0.2, -0.15) is 0 Å². The number of methoxy groups -OCH3 is 1. The number of aliphatic hydroxyl groups is 1. The lowest BCUT2D eigenvalue weighted by Crippen LogP contribution is -2.46. The third-order valence-electron chi connectivity index (χ3n) is 4.72. The first kappa shape index (κ1) is 20.8. The van der Waals surface area contributed by atoms with Gasteiger partial charge in [-0.1, -0.05) is 25.1 Å². The van der Waals surface area contributed by atoms with Gasteiger partial charge >= 0.3 is 0 Å². The number of carbonyl (C=O) groups is 1. The molecule has 1 unspecified atom stereocenters. The van der Waals surface area contributed by atoms with E-state index in [4.69, 9.17) is 9.47 Å². The van der Waals surface area contributed by atoms with E-state index in [0.717, 1.165) is 12.8 Å². The monoisotopic (exact) mass is 364 g/mol. The van der Waals surface area contributed by atoms with E-state index in [1.165, 1.54) is 16.7 Å². The topological polar surface area (TPSA) is 71.0 Å². The van der Waals surface area contributed by atoms with Crippen molar-refractivity contribution in [2.45, 2.75) is 38.8 Å². The van der Waals surface area contributed by atoms with Crippen LogP contribution in [0.15, 0.2) is 18.2 Å². The van der Waals surface area contributed by atoms with E-state index in [0.29, 0.717) is 32.9 Å². The molecule has 0 fully saturated rings. The highest BCUT2D eigenvalue weighted by Gasteiger charge is 2.30. The second-order valence-electron chi connectivity index (χ2n) is 6.79. The number of aliphatic hydroxyl groups excluding tert-OH is 1. The van der Waals surface area contributed by atoms with Crippen LogP contribution in [0, 0.1) is 0 Å². The SMILES string of the molecule is CCc1ccc2c(c1)C(COCCOC)N(C(=O)CNC[C@@H](C)O)CC2. The molecule has 0 spiro atoms. The average molecular weight is 364 g/mol. The molecule has 0 saturated heterocycles. The fraction of sp³-hybridized carbons (Fsp3) is 0.650. The summed E-state index contributed by atoms with van der Waals surface area (Å²) in [6.07, 6.45) is 1.36. The summed E-state index contributed by atoms with van der Waals surface area (Å²) in [5.74, 6) is 0.0403. The van der Waals surface area contributed by atoms with E-state index >= 15 is 0 Å². The van der Waals surface area contributed by atoms with Crippen molar-refractivity contribution in [2.75, 3.05) is 46.6 Å². The second-order valence-corrected chi connectivity index (χ2v) is 6.79. The number of hydrogen-bond acceptors (Lipinski definition) is 5. The number of fused-ring (bicyclic) bond motifs is 1. The molecule has 2 atom stereocenters. The van der Waals surface area contributed by atoms with Gasteiger partial charge in [-0.15, -0.1) is 0 Å². The van der Waals surface area contributed by atoms with Gasteiger partial charge in [0.1, 0.15) is 0 Å². The quantitative estimate of drug-likeness (QED) is 0.613. The third kappa shape index (κ3) is 5.77. The maximum Gasteiger partial charge on any atom is 0.237 e. The largest absolute Gasteiger partial charge is 0.392 e. The number of nitrogens with zero attached hydrogens (tertiary/aromatic N) is 1. The van der Waals surface area contributed by atoms with Crippen molar-refractivity contribution in [2.24, 2.45) is 0 Å². The van der Waals surface area contributed by atoms with Crippen LogP contribution in [0.25, 0.3) is 0 Å². The molecule has 1 aliphatic rings. The van der Waals surface area contributed by atoms with Gasteiger partial charge in [-0.3, -0.25) is 4.79 Å². The van der Waals surface area contributed by atoms with Gasteiger partial charge in [0.25, 0.3) is 0 Å². The van der Waals surface area contributed by atoms with Crippen molar-refractivity contribution in [3.05, 3.63) is 34.9 Å². The van der Waals surface area contributed by atoms with Gasteiger partial charge in [0.05, 0.1) is 38.5 Å². The first-order valence-corrected chi connectivity index (χ1v) is 9.43. The molecular formula is C20H32N2O4. The lowest BCUT2D eigenvalue weighted by atomic mass is 9.90. The van der Waals surface area contributed by atoms with Crippen LogP contribution in [0.1, 0.15) is 36.6 Å². The number of carbonyl (C=O) groups excluding carboxylic acids is 1. The van der Waals surface area contributed by atoms with E-state index in [9.17, 15) is 9.90 Å². The van der Waals surface area contributed by atoms with Gasteiger partial charge in [0, 0.05) is 20.2 Å². The molecular weight excluding hydrogens is 332 g/mol. The minimum absolute atomic E-state index is 0.0403. The van der Waals surface area contributed by atoms with Gasteiger partial charge in [0.15, 0.2) is 0 Å². The predicted octanol–water partition coefficient (Wildman–Crippen LogP) is 1.31. The third-order valence-corrected chi connectivity index (χ3v) is 4.72. The highest BCUT2D eigenvalue weighted by molar-refractivity contribution is 5.79. The zero-order valence-corrected chi connectivity index (χ0v) is 16.2. The van der Waals surface area contributed by atoms with Crippen LogP contribution in [0.5, 0.6) is 0 Å². The summed E-state index contributed by atoms with van der Waals surface area (Å²) in [6.45, 7) is 6.67. The number of aryl methyl sites for hydroxylation is 1. The molecule has 6 nitrogen and oxygen atoms in total. The number of nitrogens with one attached hydrogen (secondary N) is 1. The fourth-order valence-electron chi connectivity index (χ4n) is 3.27. The molecule has 26 heavy (non-hydrogen) atoms. The molecule has 1 aromatic rings. The Kier molecular flexibility index (Phi) is 8.51. The molecule has 0 aromatic heterocycles. The Balaban J connectivity index is 2.13. The van der Waals surface area contributed by atoms with Crippen LogP contribution in [0.3, 0.4) is 0 Å². The summed E-state index contributed by atoms with van der Waals surface area (Å²) in [6, 6.07) is 6.48. The van der Waals surface area contributed by atoms with Crippen molar-refractivity contribution < 1.29 is 19.4 Å². The van der Waals surface area contributed by atoms with Crippen molar-refractivity contribution in [3.8, 4) is 0 Å². The molecule has 0 bridgehead atoms. The summed E-state index contributed by atoms with van der Waals surface area (Å²) in [4.78, 5) is 14.7. The van der Waals surface area contributed by atoms with E-state index in [1.807, 2.05) is 4.90 Å². The zero-order valence-electron chi connectivity index (χ0n) is 16.2. The average Bonchev–Trinajstić information content (AvgIpc) is 2.64. The number of amides is 1. The molecule has 146 valence electrons. The highest BCUT2D eigenvalue weighted by Crippen LogP contribution is 2.31. The fourth-order valence-corrected chi connectivity index (χ4v) is 3.27. The Hall–Kier alpha value is -1.47. The summed E-state index contributed by atoms with van der Waals surface area (Å²) >= 11 is 0. The van der Waals surface area contributed by atoms with E-state index < -0.39 is 6.10 Å². The Morgan fingerprint density at radius 1 is 1.42 bits per heavy atom. The molecule has 1 amide bonds. The molecule has 0 aliphatic carbocycles. The number of benzene rings is 1. The van der Waals surface area contributed by atoms with Crippen molar-refractivity contribution in [3.63, 3.8) is 0 Å². The van der Waals surface area contributed by atoms with Gasteiger partial charge in [-0.05, 0) is 36.5 Å². The van der Waals surface area contributed by atoms with Crippen LogP contribution in [0.4, 0.5) is 0 Å². The van der Waals surface area contributed by atoms with Crippen molar-refractivity contribution in [1.82, 2.24) is 10.2 Å². The highest BCUT2D eigenvalue weighted by atomic mass is 16.5. The van der Waals surface area contributed by atoms with E-state index in [2.05, 4.69) is 30.4 Å². The first-order chi connectivity index (χ1) is 12.6. The van der Waals surface area contributed by atoms with Gasteiger partial charge in [-0.25, -0.2) is 0 Å². The van der Waals surface area contributed by atoms with Crippen LogP contribution in [-0.4, -0.2) is 68.6 Å². The Bertz CT molecular complexity index is 577. The van der Waals surface area contributed by atoms with Crippen molar-refractivity contribution >= 4 is 5.91 Å². The summed E-state index contributed by atoms with van der Waals surface area (Å²) in [7, 11) is 1.65. The summed E-state index contributed by atoms with van der Waals surface area (Å²) < 4.78 is 10.8. The molecule has 2 rings (SSSR count). The van der Waals surface area contributed by atoms with Gasteiger partial charge in [0.2, 0.25) is 5.91 Å². The standard InChI is InChI=1S/C20H32N2O4/c1-4-16-5-6-17-7-8-22(20(24)13-21-12-15(2)23)19(18(17)11-16)14-26-10-9-25-3/h5-6,11,15,19,21,23H,4,7-10,12-14H2,1-3H3/t15-,19?/m1/s1. The molecule has 6 heteroatoms. The van der Waals surface area contributed by atoms with Crippen LogP contribution >= 0.6 is 0 Å². The number of ether oxygens (including phenoxy) is 2. The van der Waals surface area contributed by atoms with Crippen LogP contribution in [0.2, 0.25) is 0 Å². The minimum Gasteiger partial charge on any atom is -0.392 e. The summed E-state index contributed by atoms with van der Waals surface area (Å²) in [5.41, 5.74) is 3.76. The molecule has 0 radical (unpaired) electrons. The predicted molar refractivity (Wildman–Crippen MR) is 101 cm³/mol. The van der Waals surface area contributed by atoms with Crippen LogP contribution in [-0.2, 0) is 27.1 Å². The smallest absolute Gasteiger partial charge is 0.237 e. The van der Waals surface area contributed by atoms with E-state index in [1.54, 1.807) is 14.0 Å². The van der Waals surface area contributed by atoms with Crippen molar-refractivity contribution in [1.29, 1.82) is 0 Å². The Morgan fingerprint density at radius 2 is 2.23 bits per heavy atom. The summed E-state index contributed by atoms with van der Waals surface area (Å²) in [5, 5.41) is 12.4. The first-order valence-electron chi connectivity index (χ1n) is 9.43. The number of hydrogen-bond donors (Lipinski definition) is 2. The number of rotatable bonds is 10. The lowest BCUT2D eigenvalue weighted by molar-refractivity contribution is -0.134. The molecule has 1 aliphatic heterocycles. The molecule has 0 saturated carbocycles. The molecule has 1 aromatic carbocycles. The van der Waals surface area contributed by atoms with Gasteiger partial charge < -0.3 is 24.8 Å². The minimum atomic E-state index is -0.467. The lowest BCUT2D eigenvalue weighted by Gasteiger charge is -2.37. The molecule has 1 heterocycles. The second kappa shape index (κ2) is 10.6.